The van der Waals surface area contributed by atoms with E-state index < -0.39 is 12.1 Å². The summed E-state index contributed by atoms with van der Waals surface area (Å²) in [6, 6.07) is 0. The number of hydrogen-bond acceptors (Lipinski definition) is 3. The van der Waals surface area contributed by atoms with Crippen molar-refractivity contribution in [3.8, 4) is 0 Å². The van der Waals surface area contributed by atoms with Gasteiger partial charge >= 0.3 is 5.97 Å². The lowest BCUT2D eigenvalue weighted by molar-refractivity contribution is -0.138. The van der Waals surface area contributed by atoms with Gasteiger partial charge in [0.05, 0.1) is 6.61 Å². The maximum absolute atomic E-state index is 10.2. The van der Waals surface area contributed by atoms with E-state index in [1.807, 2.05) is 6.92 Å². The fraction of sp³-hybridized carbons (Fsp3) is 0.833. The molecular formula is C6H10O4. The molecule has 0 aliphatic carbocycles. The summed E-state index contributed by atoms with van der Waals surface area (Å²) in [6.45, 7) is 2.86. The highest BCUT2D eigenvalue weighted by molar-refractivity contribution is 5.75. The minimum absolute atomic E-state index is 0.211. The Balaban J connectivity index is 2.08. The Hall–Kier alpha value is -0.610. The predicted molar refractivity (Wildman–Crippen MR) is 32.8 cm³/mol. The molecule has 0 radical (unpaired) electrons. The zero-order chi connectivity index (χ0) is 7.56. The van der Waals surface area contributed by atoms with Crippen molar-refractivity contribution in [1.82, 2.24) is 0 Å². The average molecular weight is 146 g/mol. The minimum Gasteiger partial charge on any atom is -0.479 e. The average Bonchev–Trinajstić information content (AvgIpc) is 2.62. The maximum atomic E-state index is 10.2. The van der Waals surface area contributed by atoms with E-state index in [0.717, 1.165) is 0 Å². The van der Waals surface area contributed by atoms with Crippen LogP contribution in [0.15, 0.2) is 0 Å². The second-order valence-electron chi connectivity index (χ2n) is 2.09. The van der Waals surface area contributed by atoms with Gasteiger partial charge in [0.15, 0.2) is 6.10 Å². The number of hydrogen-bond donors (Lipinski definition) is 1. The molecule has 0 aromatic heterocycles. The van der Waals surface area contributed by atoms with Crippen LogP contribution in [0.3, 0.4) is 0 Å². The van der Waals surface area contributed by atoms with Crippen LogP contribution < -0.4 is 0 Å². The highest BCUT2D eigenvalue weighted by Crippen LogP contribution is 2.21. The largest absolute Gasteiger partial charge is 0.479 e. The van der Waals surface area contributed by atoms with E-state index in [1.165, 1.54) is 0 Å². The van der Waals surface area contributed by atoms with Crippen LogP contribution in [-0.4, -0.2) is 36.5 Å². The van der Waals surface area contributed by atoms with Gasteiger partial charge in [-0.25, -0.2) is 4.79 Å². The van der Waals surface area contributed by atoms with Crippen molar-refractivity contribution in [1.29, 1.82) is 0 Å². The minimum atomic E-state index is -0.898. The molecule has 0 aromatic carbocycles. The summed E-state index contributed by atoms with van der Waals surface area (Å²) >= 11 is 0. The van der Waals surface area contributed by atoms with Gasteiger partial charge in [-0.3, -0.25) is 0 Å². The van der Waals surface area contributed by atoms with Crippen LogP contribution in [0.5, 0.6) is 0 Å². The monoisotopic (exact) mass is 146 g/mol. The Bertz CT molecular complexity index is 134. The summed E-state index contributed by atoms with van der Waals surface area (Å²) in [7, 11) is 0. The van der Waals surface area contributed by atoms with Crippen molar-refractivity contribution < 1.29 is 19.4 Å². The maximum Gasteiger partial charge on any atom is 0.335 e. The third-order valence-corrected chi connectivity index (χ3v) is 1.31. The molecule has 0 aromatic rings. The number of ether oxygens (including phenoxy) is 2. The summed E-state index contributed by atoms with van der Waals surface area (Å²) in [5, 5.41) is 8.34. The molecule has 1 saturated heterocycles. The third kappa shape index (κ3) is 1.68. The zero-order valence-electron chi connectivity index (χ0n) is 5.74. The lowest BCUT2D eigenvalue weighted by Gasteiger charge is -1.92. The number of aliphatic carboxylic acids is 1. The van der Waals surface area contributed by atoms with Crippen LogP contribution in [0, 0.1) is 0 Å². The van der Waals surface area contributed by atoms with Crippen LogP contribution in [0.1, 0.15) is 6.92 Å². The van der Waals surface area contributed by atoms with Gasteiger partial charge in [-0.05, 0) is 6.92 Å². The van der Waals surface area contributed by atoms with Crippen molar-refractivity contribution in [2.75, 3.05) is 13.2 Å². The first kappa shape index (κ1) is 7.50. The molecule has 1 heterocycles. The Morgan fingerprint density at radius 2 is 2.50 bits per heavy atom. The van der Waals surface area contributed by atoms with Gasteiger partial charge in [0.1, 0.15) is 6.10 Å². The Kier molecular flexibility index (Phi) is 2.24. The molecular weight excluding hydrogens is 136 g/mol. The van der Waals surface area contributed by atoms with E-state index in [2.05, 4.69) is 0 Å². The van der Waals surface area contributed by atoms with Crippen molar-refractivity contribution in [2.24, 2.45) is 0 Å². The van der Waals surface area contributed by atoms with Gasteiger partial charge in [-0.1, -0.05) is 0 Å². The molecule has 1 aliphatic heterocycles. The standard InChI is InChI=1S/C6H10O4/c1-2-9-3-4-5(10-4)6(7)8/h4-5H,2-3H2,1H3,(H,7,8)/t4-,5-/m1/s1. The first-order valence-corrected chi connectivity index (χ1v) is 3.21. The SMILES string of the molecule is CCOC[C@H]1O[C@H]1C(=O)O. The lowest BCUT2D eigenvalue weighted by atomic mass is 10.3. The van der Waals surface area contributed by atoms with Gasteiger partial charge < -0.3 is 14.6 Å². The normalized spacial score (nSPS) is 30.1. The Morgan fingerprint density at radius 1 is 1.80 bits per heavy atom. The molecule has 1 rings (SSSR count). The Morgan fingerprint density at radius 3 is 2.90 bits per heavy atom. The van der Waals surface area contributed by atoms with Crippen LogP contribution in [0.2, 0.25) is 0 Å². The quantitative estimate of drug-likeness (QED) is 0.561. The third-order valence-electron chi connectivity index (χ3n) is 1.31. The second-order valence-corrected chi connectivity index (χ2v) is 2.09. The van der Waals surface area contributed by atoms with Crippen LogP contribution in [0.25, 0.3) is 0 Å². The molecule has 2 atom stereocenters. The lowest BCUT2D eigenvalue weighted by Crippen LogP contribution is -2.11. The molecule has 0 unspecified atom stereocenters. The predicted octanol–water partition coefficient (Wildman–Crippen LogP) is -0.125. The fourth-order valence-corrected chi connectivity index (χ4v) is 0.721. The van der Waals surface area contributed by atoms with Gasteiger partial charge in [0.2, 0.25) is 0 Å². The molecule has 0 spiro atoms. The first-order chi connectivity index (χ1) is 4.75. The summed E-state index contributed by atoms with van der Waals surface area (Å²) in [6.07, 6.45) is -0.830. The summed E-state index contributed by atoms with van der Waals surface area (Å²) in [4.78, 5) is 10.2. The molecule has 1 fully saturated rings. The number of carbonyl (C=O) groups is 1. The van der Waals surface area contributed by atoms with E-state index in [1.54, 1.807) is 0 Å². The topological polar surface area (TPSA) is 59.1 Å². The zero-order valence-corrected chi connectivity index (χ0v) is 5.74. The molecule has 58 valence electrons. The molecule has 10 heavy (non-hydrogen) atoms. The summed E-state index contributed by atoms with van der Waals surface area (Å²) < 4.78 is 9.71. The van der Waals surface area contributed by atoms with Gasteiger partial charge in [0.25, 0.3) is 0 Å². The summed E-state index contributed by atoms with van der Waals surface area (Å²) in [5.41, 5.74) is 0. The summed E-state index contributed by atoms with van der Waals surface area (Å²) in [5.74, 6) is -0.898. The van der Waals surface area contributed by atoms with E-state index in [9.17, 15) is 4.79 Å². The van der Waals surface area contributed by atoms with Crippen molar-refractivity contribution in [3.63, 3.8) is 0 Å². The van der Waals surface area contributed by atoms with E-state index in [-0.39, 0.29) is 6.10 Å². The second kappa shape index (κ2) is 2.98. The highest BCUT2D eigenvalue weighted by atomic mass is 16.6. The smallest absolute Gasteiger partial charge is 0.335 e. The van der Waals surface area contributed by atoms with E-state index >= 15 is 0 Å². The molecule has 4 nitrogen and oxygen atoms in total. The number of rotatable bonds is 4. The van der Waals surface area contributed by atoms with Crippen molar-refractivity contribution in [2.45, 2.75) is 19.1 Å². The molecule has 4 heteroatoms. The molecule has 1 aliphatic rings. The molecule has 0 saturated carbocycles. The number of carboxylic acids is 1. The number of carboxylic acid groups (broad SMARTS) is 1. The first-order valence-electron chi connectivity index (χ1n) is 3.21. The van der Waals surface area contributed by atoms with Crippen molar-refractivity contribution in [3.05, 3.63) is 0 Å². The van der Waals surface area contributed by atoms with Gasteiger partial charge in [0, 0.05) is 6.61 Å². The Labute approximate surface area is 58.7 Å². The molecule has 1 N–H and O–H groups in total. The molecule has 0 amide bonds. The van der Waals surface area contributed by atoms with E-state index in [0.29, 0.717) is 13.2 Å². The molecule has 0 bridgehead atoms. The highest BCUT2D eigenvalue weighted by Gasteiger charge is 2.45. The fourth-order valence-electron chi connectivity index (χ4n) is 0.721. The van der Waals surface area contributed by atoms with Gasteiger partial charge in [-0.2, -0.15) is 0 Å². The van der Waals surface area contributed by atoms with Crippen molar-refractivity contribution >= 4 is 5.97 Å². The van der Waals surface area contributed by atoms with Crippen LogP contribution >= 0.6 is 0 Å². The van der Waals surface area contributed by atoms with Crippen LogP contribution in [-0.2, 0) is 14.3 Å². The van der Waals surface area contributed by atoms with E-state index in [4.69, 9.17) is 14.6 Å². The number of epoxide rings is 1. The van der Waals surface area contributed by atoms with Gasteiger partial charge in [-0.15, -0.1) is 0 Å². The van der Waals surface area contributed by atoms with Crippen LogP contribution in [0.4, 0.5) is 0 Å².